The fraction of sp³-hybridized carbons (Fsp3) is 0.692. The molecule has 0 heterocycles. The summed E-state index contributed by atoms with van der Waals surface area (Å²) in [7, 11) is -4.78. The molecule has 22 heteroatoms. The molecule has 0 fully saturated rings. The number of aliphatic carboxylic acids is 2. The van der Waals surface area contributed by atoms with Gasteiger partial charge in [0, 0.05) is 37.4 Å². The maximum absolute atomic E-state index is 12.3. The van der Waals surface area contributed by atoms with Gasteiger partial charge in [-0.2, -0.15) is 8.42 Å². The first-order valence-electron chi connectivity index (χ1n) is 20.4. The van der Waals surface area contributed by atoms with Crippen molar-refractivity contribution in [1.82, 2.24) is 16.0 Å². The maximum Gasteiger partial charge on any atom is 0.337 e. The predicted molar refractivity (Wildman–Crippen MR) is 222 cm³/mol. The Morgan fingerprint density at radius 3 is 1.62 bits per heavy atom. The summed E-state index contributed by atoms with van der Waals surface area (Å²) in [4.78, 5) is 69.8. The number of esters is 1. The van der Waals surface area contributed by atoms with Crippen LogP contribution in [0.3, 0.4) is 0 Å². The van der Waals surface area contributed by atoms with E-state index >= 15 is 0 Å². The van der Waals surface area contributed by atoms with Gasteiger partial charge in [0.1, 0.15) is 24.2 Å². The molecule has 0 saturated heterocycles. The van der Waals surface area contributed by atoms with Crippen LogP contribution < -0.4 is 20.7 Å². The minimum atomic E-state index is -4.78. The standard InChI is InChI=1S/C39H61Cl2N3O16S/c40-29-25-30(41)38(32(26-29)61(53,54)55)60-37(50)28-59-24-22-57-20-18-43-35(47)27-58-23-21-56-19-17-42-33(45)16-15-31(39(51)52)44-34(46)13-11-9-7-5-3-1-2-4-6-8-10-12-14-36(48)49/h25-26,31H,1-24,27-28H2,(H,42,45)(H,43,47)(H,44,46)(H,48,49)(H,51,52)(H,53,54,55). The van der Waals surface area contributed by atoms with E-state index in [1.54, 1.807) is 0 Å². The van der Waals surface area contributed by atoms with Crippen LogP contribution in [-0.4, -0.2) is 131 Å². The number of rotatable bonds is 38. The number of amides is 3. The molecule has 1 aromatic rings. The second kappa shape index (κ2) is 33.9. The molecule has 1 aromatic carbocycles. The molecule has 61 heavy (non-hydrogen) atoms. The highest BCUT2D eigenvalue weighted by molar-refractivity contribution is 7.86. The van der Waals surface area contributed by atoms with Crippen LogP contribution in [0.15, 0.2) is 17.0 Å². The molecule has 1 rings (SSSR count). The topological polar surface area (TPSA) is 279 Å². The zero-order chi connectivity index (χ0) is 45.3. The minimum absolute atomic E-state index is 0.0350. The van der Waals surface area contributed by atoms with E-state index in [4.69, 9.17) is 52.0 Å². The number of halogens is 2. The molecule has 0 aliphatic heterocycles. The zero-order valence-electron chi connectivity index (χ0n) is 34.4. The normalized spacial score (nSPS) is 11.8. The number of nitrogens with one attached hydrogen (secondary N) is 3. The van der Waals surface area contributed by atoms with E-state index in [0.717, 1.165) is 76.3 Å². The predicted octanol–water partition coefficient (Wildman–Crippen LogP) is 4.34. The van der Waals surface area contributed by atoms with Crippen LogP contribution in [0.2, 0.25) is 10.0 Å². The molecule has 3 amide bonds. The third-order valence-corrected chi connectivity index (χ3v) is 10.00. The van der Waals surface area contributed by atoms with Crippen LogP contribution in [0, 0.1) is 0 Å². The van der Waals surface area contributed by atoms with Gasteiger partial charge in [-0.3, -0.25) is 23.7 Å². The summed E-state index contributed by atoms with van der Waals surface area (Å²) >= 11 is 11.6. The number of carbonyl (C=O) groups excluding carboxylic acids is 4. The summed E-state index contributed by atoms with van der Waals surface area (Å²) in [5.74, 6) is -4.67. The molecule has 0 aromatic heterocycles. The molecular formula is C39H61Cl2N3O16S. The van der Waals surface area contributed by atoms with E-state index in [1.165, 1.54) is 6.42 Å². The van der Waals surface area contributed by atoms with Gasteiger partial charge in [0.25, 0.3) is 10.1 Å². The molecule has 0 bridgehead atoms. The molecule has 0 saturated carbocycles. The smallest absolute Gasteiger partial charge is 0.337 e. The molecule has 0 spiro atoms. The number of carboxylic acids is 2. The highest BCUT2D eigenvalue weighted by Gasteiger charge is 2.24. The lowest BCUT2D eigenvalue weighted by Crippen LogP contribution is -2.41. The van der Waals surface area contributed by atoms with Gasteiger partial charge in [-0.25, -0.2) is 9.59 Å². The second-order valence-corrected chi connectivity index (χ2v) is 16.1. The summed E-state index contributed by atoms with van der Waals surface area (Å²) in [5.41, 5.74) is 0. The highest BCUT2D eigenvalue weighted by Crippen LogP contribution is 2.35. The molecule has 0 aliphatic rings. The summed E-state index contributed by atoms with van der Waals surface area (Å²) in [6.45, 7) is 0.102. The first-order chi connectivity index (χ1) is 29.1. The average molecular weight is 931 g/mol. The Morgan fingerprint density at radius 1 is 0.607 bits per heavy atom. The number of unbranched alkanes of at least 4 members (excludes halogenated alkanes) is 11. The third-order valence-electron chi connectivity index (χ3n) is 8.64. The first kappa shape index (κ1) is 55.4. The number of carboxylic acid groups (broad SMARTS) is 2. The Balaban J connectivity index is 1.99. The van der Waals surface area contributed by atoms with Crippen LogP contribution in [0.5, 0.6) is 5.75 Å². The fourth-order valence-corrected chi connectivity index (χ4v) is 6.84. The van der Waals surface area contributed by atoms with Crippen molar-refractivity contribution in [2.75, 3.05) is 65.9 Å². The Kier molecular flexibility index (Phi) is 30.8. The quantitative estimate of drug-likeness (QED) is 0.0233. The fourth-order valence-electron chi connectivity index (χ4n) is 5.52. The van der Waals surface area contributed by atoms with Gasteiger partial charge in [-0.05, 0) is 31.4 Å². The molecule has 1 atom stereocenters. The summed E-state index contributed by atoms with van der Waals surface area (Å²) < 4.78 is 58.3. The maximum atomic E-state index is 12.3. The van der Waals surface area contributed by atoms with Crippen molar-refractivity contribution in [3.05, 3.63) is 22.2 Å². The van der Waals surface area contributed by atoms with Gasteiger partial charge >= 0.3 is 17.9 Å². The summed E-state index contributed by atoms with van der Waals surface area (Å²) in [6, 6.07) is 0.837. The van der Waals surface area contributed by atoms with Gasteiger partial charge in [-0.1, -0.05) is 87.4 Å². The van der Waals surface area contributed by atoms with Gasteiger partial charge in [0.2, 0.25) is 17.7 Å². The Hall–Kier alpha value is -3.63. The molecule has 348 valence electrons. The van der Waals surface area contributed by atoms with E-state index in [-0.39, 0.29) is 107 Å². The average Bonchev–Trinajstić information content (AvgIpc) is 3.18. The third kappa shape index (κ3) is 30.1. The molecule has 6 N–H and O–H groups in total. The van der Waals surface area contributed by atoms with Crippen LogP contribution in [0.1, 0.15) is 103 Å². The molecule has 0 aliphatic carbocycles. The van der Waals surface area contributed by atoms with Crippen molar-refractivity contribution in [3.63, 3.8) is 0 Å². The van der Waals surface area contributed by atoms with Crippen LogP contribution in [-0.2, 0) is 57.8 Å². The van der Waals surface area contributed by atoms with E-state index in [0.29, 0.717) is 6.42 Å². The largest absolute Gasteiger partial charge is 0.481 e. The van der Waals surface area contributed by atoms with Gasteiger partial charge in [-0.15, -0.1) is 0 Å². The summed E-state index contributed by atoms with van der Waals surface area (Å²) in [5, 5.41) is 25.4. The Labute approximate surface area is 366 Å². The van der Waals surface area contributed by atoms with Crippen molar-refractivity contribution < 1.29 is 75.6 Å². The summed E-state index contributed by atoms with van der Waals surface area (Å²) in [6.07, 6.45) is 12.5. The monoisotopic (exact) mass is 929 g/mol. The Morgan fingerprint density at radius 2 is 1.10 bits per heavy atom. The lowest BCUT2D eigenvalue weighted by Gasteiger charge is -2.14. The van der Waals surface area contributed by atoms with E-state index in [9.17, 15) is 46.8 Å². The number of carbonyl (C=O) groups is 6. The second-order valence-electron chi connectivity index (χ2n) is 13.8. The van der Waals surface area contributed by atoms with Crippen molar-refractivity contribution >= 4 is 68.9 Å². The number of hydrogen-bond acceptors (Lipinski definition) is 13. The minimum Gasteiger partial charge on any atom is -0.481 e. The van der Waals surface area contributed by atoms with Crippen molar-refractivity contribution in [3.8, 4) is 5.75 Å². The van der Waals surface area contributed by atoms with Crippen molar-refractivity contribution in [2.24, 2.45) is 0 Å². The van der Waals surface area contributed by atoms with Gasteiger partial charge < -0.3 is 49.8 Å². The lowest BCUT2D eigenvalue weighted by molar-refractivity contribution is -0.142. The molecule has 0 radical (unpaired) electrons. The molecule has 19 nitrogen and oxygen atoms in total. The van der Waals surface area contributed by atoms with E-state index in [2.05, 4.69) is 16.0 Å². The number of ether oxygens (including phenoxy) is 5. The highest BCUT2D eigenvalue weighted by atomic mass is 35.5. The van der Waals surface area contributed by atoms with Crippen LogP contribution in [0.25, 0.3) is 0 Å². The van der Waals surface area contributed by atoms with Crippen LogP contribution in [0.4, 0.5) is 0 Å². The van der Waals surface area contributed by atoms with E-state index < -0.39 is 57.2 Å². The molecule has 1 unspecified atom stereocenters. The SMILES string of the molecule is O=C(O)CCCCCCCCCCCCCCC(=O)NC(CCC(=O)NCCOCCOCC(=O)NCCOCCOCC(=O)Oc1c(Cl)cc(Cl)cc1S(=O)(=O)O)C(=O)O. The Bertz CT molecular complexity index is 1600. The number of benzene rings is 1. The van der Waals surface area contributed by atoms with E-state index in [1.807, 2.05) is 0 Å². The first-order valence-corrected chi connectivity index (χ1v) is 22.5. The van der Waals surface area contributed by atoms with Crippen molar-refractivity contribution in [2.45, 2.75) is 114 Å². The van der Waals surface area contributed by atoms with Gasteiger partial charge in [0.15, 0.2) is 5.75 Å². The zero-order valence-corrected chi connectivity index (χ0v) is 36.8. The van der Waals surface area contributed by atoms with Crippen LogP contribution >= 0.6 is 23.2 Å². The van der Waals surface area contributed by atoms with Crippen molar-refractivity contribution in [1.29, 1.82) is 0 Å². The van der Waals surface area contributed by atoms with Gasteiger partial charge in [0.05, 0.1) is 44.7 Å². The number of hydrogen-bond donors (Lipinski definition) is 6. The molecular weight excluding hydrogens is 869 g/mol. The lowest BCUT2D eigenvalue weighted by atomic mass is 10.0.